The number of aromatic hydroxyl groups is 1. The van der Waals surface area contributed by atoms with Crippen LogP contribution in [0.4, 0.5) is 8.78 Å². The van der Waals surface area contributed by atoms with Gasteiger partial charge in [0.05, 0.1) is 12.7 Å². The van der Waals surface area contributed by atoms with E-state index >= 15 is 18.8 Å². The summed E-state index contributed by atoms with van der Waals surface area (Å²) in [5, 5.41) is 42.4. The van der Waals surface area contributed by atoms with Crippen molar-refractivity contribution in [2.45, 2.75) is 150 Å². The number of unbranched alkanes of at least 4 members (excludes halogenated alkanes) is 1. The summed E-state index contributed by atoms with van der Waals surface area (Å²) in [6.07, 6.45) is 4.43. The molecule has 0 aliphatic carbocycles. The van der Waals surface area contributed by atoms with Gasteiger partial charge in [0.2, 0.25) is 59.1 Å². The van der Waals surface area contributed by atoms with Crippen LogP contribution in [0.15, 0.2) is 110 Å². The summed E-state index contributed by atoms with van der Waals surface area (Å²) < 4.78 is 30.0. The number of halogens is 2. The topological polar surface area (TPSA) is 440 Å². The number of phenolic OH excluding ortho intramolecular Hbond substituents is 1. The van der Waals surface area contributed by atoms with E-state index < -0.39 is 150 Å². The fourth-order valence-electron chi connectivity index (χ4n) is 12.1. The molecule has 0 unspecified atom stereocenters. The summed E-state index contributed by atoms with van der Waals surface area (Å²) in [6, 6.07) is 8.78. The zero-order chi connectivity index (χ0) is 73.2. The number of aromatic nitrogens is 4. The molecule has 2 aliphatic rings. The minimum atomic E-state index is -2.05. The van der Waals surface area contributed by atoms with Gasteiger partial charge in [-0.2, -0.15) is 23.5 Å². The van der Waals surface area contributed by atoms with Crippen LogP contribution in [0.3, 0.4) is 0 Å². The number of imidazole rings is 1. The number of amides is 10. The average Bonchev–Trinajstić information content (AvgIpc) is 1.59. The summed E-state index contributed by atoms with van der Waals surface area (Å²) in [7, 11) is 0. The summed E-state index contributed by atoms with van der Waals surface area (Å²) in [5.74, 6) is -10.7. The zero-order valence-electron chi connectivity index (χ0n) is 56.0. The number of nitrogens with two attached hydrogens (primary N) is 2. The van der Waals surface area contributed by atoms with Crippen LogP contribution >= 0.6 is 23.5 Å². The first-order chi connectivity index (χ1) is 48.8. The van der Waals surface area contributed by atoms with Crippen molar-refractivity contribution < 1.29 is 71.7 Å². The molecule has 1 fully saturated rings. The van der Waals surface area contributed by atoms with Crippen LogP contribution in [0.1, 0.15) is 92.3 Å². The molecule has 17 N–H and O–H groups in total. The largest absolute Gasteiger partial charge is 0.508 e. The van der Waals surface area contributed by atoms with Gasteiger partial charge in [0.15, 0.2) is 0 Å². The highest BCUT2D eigenvalue weighted by Crippen LogP contribution is 2.26. The number of carbonyl (C=O) groups is 11. The number of aliphatic carboxylic acids is 1. The van der Waals surface area contributed by atoms with Crippen LogP contribution in [-0.4, -0.2) is 179 Å². The molecule has 542 valence electrons. The summed E-state index contributed by atoms with van der Waals surface area (Å²) in [4.78, 5) is 172. The number of hydrogen-bond donors (Lipinski definition) is 15. The SMILES string of the molecule is CC1(C)NC(=O)[C@H](CCCCN)NC(=O)CCSCc2cccc(c2)CSC[C@@H](C(N)=O)NC(=O)[C@@H]2CCCN2C(=O)[C@H](Cc2ccc(O)cc2)NC(=O)[C@H](Cc2cnc[nH]2)NC(=O)[C@H](CC(=O)O)NC(=O)[C@H](Cc2c[nH]c3ccc(F)cc23)NC(=O)[C@H](Cc2c[nH]c3ccc(F)cc23)NC1=O. The smallest absolute Gasteiger partial charge is 0.305 e. The standard InChI is InChI=1S/C70H83F2N15O13S2/c1-70(2)69(100)85-53(26-42-32-77-50-18-14-44(72)28-48(42)50)63(94)80-52(25-41-31-76-49-17-13-43(71)27-47(41)49)62(93)82-55(30-60(90)91)65(96)81-54(29-45-33-75-37-78-45)64(95)83-56(24-38-11-15-46(88)16-12-38)68(99)87-21-6-10-58(87)67(98)84-57(61(74)92)36-102-35-40-8-5-7-39(23-40)34-101-22-19-59(89)79-51(66(97)86-70)9-3-4-20-73/h5,7-8,11-18,23,27-28,31-33,37,51-58,76-77,88H,3-4,6,9-10,19-22,24-26,29-30,34-36,73H2,1-2H3,(H2,74,92)(H,75,78)(H,79,89)(H,80,94)(H,81,96)(H,82,93)(H,83,95)(H,84,98)(H,85,100)(H,86,97)(H,90,91)/t51-,52-,53-,54-,55-,56-,57-,58-/m0/s1. The van der Waals surface area contributed by atoms with Gasteiger partial charge in [-0.15, -0.1) is 0 Å². The van der Waals surface area contributed by atoms with Gasteiger partial charge in [-0.05, 0) is 129 Å². The molecule has 32 heteroatoms. The molecule has 7 aromatic rings. The highest BCUT2D eigenvalue weighted by atomic mass is 32.2. The molecule has 0 saturated carbocycles. The van der Waals surface area contributed by atoms with Gasteiger partial charge in [0.25, 0.3) is 0 Å². The lowest BCUT2D eigenvalue weighted by Gasteiger charge is -2.31. The maximum Gasteiger partial charge on any atom is 0.305 e. The van der Waals surface area contributed by atoms with Gasteiger partial charge >= 0.3 is 5.97 Å². The molecule has 1 saturated heterocycles. The lowest BCUT2D eigenvalue weighted by Crippen LogP contribution is -2.63. The third-order valence-electron chi connectivity index (χ3n) is 17.6. The highest BCUT2D eigenvalue weighted by molar-refractivity contribution is 7.98. The van der Waals surface area contributed by atoms with Crippen LogP contribution in [-0.2, 0) is 89.9 Å². The maximum atomic E-state index is 15.2. The molecule has 10 amide bonds. The van der Waals surface area contributed by atoms with Crippen molar-refractivity contribution in [2.24, 2.45) is 11.5 Å². The van der Waals surface area contributed by atoms with Crippen LogP contribution in [0.5, 0.6) is 5.75 Å². The number of aromatic amines is 3. The Morgan fingerprint density at radius 1 is 0.647 bits per heavy atom. The number of carbonyl (C=O) groups excluding carboxylic acids is 10. The van der Waals surface area contributed by atoms with Crippen molar-refractivity contribution in [1.29, 1.82) is 0 Å². The minimum Gasteiger partial charge on any atom is -0.508 e. The number of carboxylic acid groups (broad SMARTS) is 1. The number of hydrogen-bond acceptors (Lipinski definition) is 16. The first kappa shape index (κ1) is 75.9. The fourth-order valence-corrected chi connectivity index (χ4v) is 14.0. The van der Waals surface area contributed by atoms with E-state index in [0.29, 0.717) is 64.1 Å². The molecule has 9 rings (SSSR count). The van der Waals surface area contributed by atoms with Gasteiger partial charge < -0.3 is 84.1 Å². The third-order valence-corrected chi connectivity index (χ3v) is 19.7. The average molecular weight is 1440 g/mol. The number of thioether (sulfide) groups is 2. The molecule has 0 radical (unpaired) electrons. The van der Waals surface area contributed by atoms with E-state index in [4.69, 9.17) is 11.5 Å². The lowest BCUT2D eigenvalue weighted by atomic mass is 9.98. The van der Waals surface area contributed by atoms with Gasteiger partial charge in [0.1, 0.15) is 71.3 Å². The second-order valence-electron chi connectivity index (χ2n) is 25.7. The van der Waals surface area contributed by atoms with Crippen molar-refractivity contribution >= 4 is 110 Å². The second-order valence-corrected chi connectivity index (χ2v) is 27.9. The highest BCUT2D eigenvalue weighted by Gasteiger charge is 2.42. The van der Waals surface area contributed by atoms with E-state index in [-0.39, 0.29) is 73.3 Å². The van der Waals surface area contributed by atoms with Crippen molar-refractivity contribution in [3.05, 3.63) is 155 Å². The van der Waals surface area contributed by atoms with Crippen LogP contribution in [0, 0.1) is 11.6 Å². The Balaban J connectivity index is 1.07. The van der Waals surface area contributed by atoms with Crippen LogP contribution in [0.2, 0.25) is 0 Å². The van der Waals surface area contributed by atoms with Gasteiger partial charge in [-0.1, -0.05) is 36.4 Å². The monoisotopic (exact) mass is 1440 g/mol. The summed E-state index contributed by atoms with van der Waals surface area (Å²) in [5.41, 5.74) is 13.7. The number of benzene rings is 4. The van der Waals surface area contributed by atoms with Crippen molar-refractivity contribution in [1.82, 2.24) is 67.4 Å². The Morgan fingerprint density at radius 3 is 1.83 bits per heavy atom. The number of H-pyrrole nitrogens is 3. The molecule has 5 heterocycles. The molecule has 2 bridgehead atoms. The zero-order valence-corrected chi connectivity index (χ0v) is 57.7. The number of carboxylic acids is 1. The van der Waals surface area contributed by atoms with Gasteiger partial charge in [-0.3, -0.25) is 52.7 Å². The predicted octanol–water partition coefficient (Wildman–Crippen LogP) is 2.57. The Bertz CT molecular complexity index is 4190. The molecule has 102 heavy (non-hydrogen) atoms. The second kappa shape index (κ2) is 35.3. The minimum absolute atomic E-state index is 0.0000140. The van der Waals surface area contributed by atoms with E-state index in [1.807, 2.05) is 24.3 Å². The third kappa shape index (κ3) is 20.9. The van der Waals surface area contributed by atoms with Gasteiger partial charge in [-0.25, -0.2) is 13.8 Å². The maximum absolute atomic E-state index is 15.2. The van der Waals surface area contributed by atoms with E-state index in [2.05, 4.69) is 62.5 Å². The normalized spacial score (nSPS) is 22.4. The van der Waals surface area contributed by atoms with E-state index in [0.717, 1.165) is 11.1 Å². The van der Waals surface area contributed by atoms with Gasteiger partial charge in [0, 0.05) is 108 Å². The van der Waals surface area contributed by atoms with Crippen molar-refractivity contribution in [3.8, 4) is 5.75 Å². The van der Waals surface area contributed by atoms with Crippen LogP contribution in [0.25, 0.3) is 21.8 Å². The molecule has 8 atom stereocenters. The first-order valence-corrected chi connectivity index (χ1v) is 35.6. The Hall–Kier alpha value is -10.3. The van der Waals surface area contributed by atoms with Crippen molar-refractivity contribution in [3.63, 3.8) is 0 Å². The van der Waals surface area contributed by atoms with E-state index in [9.17, 15) is 53.0 Å². The quantitative estimate of drug-likeness (QED) is 0.0656. The number of primary amides is 1. The number of fused-ring (bicyclic) bond motifs is 5. The van der Waals surface area contributed by atoms with E-state index in [1.165, 1.54) is 128 Å². The molecule has 2 aliphatic heterocycles. The molecular formula is C70H83F2N15O13S2. The molecule has 0 spiro atoms. The number of rotatable bonds is 15. The van der Waals surface area contributed by atoms with Crippen LogP contribution < -0.4 is 54.0 Å². The lowest BCUT2D eigenvalue weighted by molar-refractivity contribution is -0.143. The number of phenols is 1. The number of nitrogens with one attached hydrogen (secondary N) is 11. The number of nitrogens with zero attached hydrogens (tertiary/aromatic N) is 2. The fraction of sp³-hybridized carbons (Fsp3) is 0.400. The molecule has 28 nitrogen and oxygen atoms in total. The Morgan fingerprint density at radius 2 is 1.24 bits per heavy atom. The summed E-state index contributed by atoms with van der Waals surface area (Å²) >= 11 is 2.79. The first-order valence-electron chi connectivity index (χ1n) is 33.3. The Kier molecular flexibility index (Phi) is 26.3. The van der Waals surface area contributed by atoms with E-state index in [1.54, 1.807) is 0 Å². The molecular weight excluding hydrogens is 1360 g/mol. The van der Waals surface area contributed by atoms with Crippen molar-refractivity contribution in [2.75, 3.05) is 24.6 Å². The summed E-state index contributed by atoms with van der Waals surface area (Å²) in [6.45, 7) is 3.04. The molecule has 4 aromatic carbocycles. The Labute approximate surface area is 593 Å². The predicted molar refractivity (Wildman–Crippen MR) is 376 cm³/mol. The molecule has 3 aromatic heterocycles.